The molecule has 0 bridgehead atoms. The van der Waals surface area contributed by atoms with Crippen LogP contribution in [-0.2, 0) is 0 Å². The largest absolute Gasteiger partial charge is 0.491 e. The van der Waals surface area contributed by atoms with Gasteiger partial charge < -0.3 is 14.7 Å². The highest BCUT2D eigenvalue weighted by Gasteiger charge is 2.37. The topological polar surface area (TPSA) is 49.8 Å². The molecule has 1 N–H and O–H groups in total. The molecule has 144 valence electrons. The summed E-state index contributed by atoms with van der Waals surface area (Å²) >= 11 is 0. The molecule has 1 atom stereocenters. The Hall–Kier alpha value is -2.47. The molecule has 6 heteroatoms. The van der Waals surface area contributed by atoms with Gasteiger partial charge in [0.1, 0.15) is 29.6 Å². The molecule has 4 nitrogen and oxygen atoms in total. The summed E-state index contributed by atoms with van der Waals surface area (Å²) < 4.78 is 33.0. The summed E-state index contributed by atoms with van der Waals surface area (Å²) in [6.45, 7) is 4.38. The fourth-order valence-electron chi connectivity index (χ4n) is 3.26. The molecule has 27 heavy (non-hydrogen) atoms. The Morgan fingerprint density at radius 1 is 1.19 bits per heavy atom. The molecule has 0 spiro atoms. The van der Waals surface area contributed by atoms with Gasteiger partial charge >= 0.3 is 0 Å². The lowest BCUT2D eigenvalue weighted by Gasteiger charge is -2.39. The molecule has 1 aliphatic heterocycles. The maximum atomic E-state index is 13.9. The van der Waals surface area contributed by atoms with Gasteiger partial charge in [-0.2, -0.15) is 0 Å². The average Bonchev–Trinajstić information content (AvgIpc) is 2.64. The smallest absolute Gasteiger partial charge is 0.257 e. The molecule has 1 aliphatic rings. The van der Waals surface area contributed by atoms with Crippen molar-refractivity contribution in [1.29, 1.82) is 0 Å². The molecule has 0 aromatic heterocycles. The number of benzene rings is 2. The van der Waals surface area contributed by atoms with Crippen molar-refractivity contribution in [2.45, 2.75) is 32.3 Å². The lowest BCUT2D eigenvalue weighted by molar-refractivity contribution is -0.0532. The lowest BCUT2D eigenvalue weighted by atomic mass is 9.93. The number of amides is 1. The maximum Gasteiger partial charge on any atom is 0.257 e. The second-order valence-electron chi connectivity index (χ2n) is 7.21. The van der Waals surface area contributed by atoms with Crippen LogP contribution in [0.15, 0.2) is 36.4 Å². The summed E-state index contributed by atoms with van der Waals surface area (Å²) in [5.74, 6) is -1.44. The van der Waals surface area contributed by atoms with E-state index in [1.807, 2.05) is 32.0 Å². The van der Waals surface area contributed by atoms with Crippen molar-refractivity contribution in [1.82, 2.24) is 4.90 Å². The van der Waals surface area contributed by atoms with Crippen molar-refractivity contribution in [2.75, 3.05) is 19.7 Å². The van der Waals surface area contributed by atoms with Crippen molar-refractivity contribution in [3.63, 3.8) is 0 Å². The van der Waals surface area contributed by atoms with E-state index in [4.69, 9.17) is 4.74 Å². The van der Waals surface area contributed by atoms with Gasteiger partial charge in [0.2, 0.25) is 0 Å². The third kappa shape index (κ3) is 4.45. The normalized spacial score (nSPS) is 19.8. The number of ether oxygens (including phenoxy) is 1. The van der Waals surface area contributed by atoms with Crippen LogP contribution in [0.4, 0.5) is 8.78 Å². The number of carbonyl (C=O) groups excluding carboxylic acids is 1. The minimum Gasteiger partial charge on any atom is -0.491 e. The maximum absolute atomic E-state index is 13.9. The van der Waals surface area contributed by atoms with Gasteiger partial charge in [-0.15, -0.1) is 0 Å². The van der Waals surface area contributed by atoms with Crippen molar-refractivity contribution in [3.8, 4) is 5.75 Å². The van der Waals surface area contributed by atoms with Crippen LogP contribution in [0, 0.1) is 25.5 Å². The van der Waals surface area contributed by atoms with Gasteiger partial charge in [0, 0.05) is 6.54 Å². The van der Waals surface area contributed by atoms with E-state index in [0.29, 0.717) is 25.1 Å². The number of piperidine rings is 1. The van der Waals surface area contributed by atoms with Crippen molar-refractivity contribution in [3.05, 3.63) is 64.7 Å². The first-order valence-corrected chi connectivity index (χ1v) is 8.94. The summed E-state index contributed by atoms with van der Waals surface area (Å²) in [7, 11) is 0. The van der Waals surface area contributed by atoms with Crippen LogP contribution in [0.5, 0.6) is 5.75 Å². The molecule has 3 rings (SSSR count). The predicted molar refractivity (Wildman–Crippen MR) is 97.9 cm³/mol. The highest BCUT2D eigenvalue weighted by atomic mass is 19.1. The molecular weight excluding hydrogens is 352 g/mol. The summed E-state index contributed by atoms with van der Waals surface area (Å²) in [6, 6.07) is 8.46. The number of β-amino-alcohol motifs (C(OH)–C–C–N with tert-alkyl or cyclic N) is 1. The summed E-state index contributed by atoms with van der Waals surface area (Å²) in [5.41, 5.74) is 0.666. The highest BCUT2D eigenvalue weighted by Crippen LogP contribution is 2.25. The Bertz CT molecular complexity index is 855. The Morgan fingerprint density at radius 2 is 1.96 bits per heavy atom. The van der Waals surface area contributed by atoms with E-state index in [-0.39, 0.29) is 18.7 Å². The Labute approximate surface area is 157 Å². The monoisotopic (exact) mass is 375 g/mol. The van der Waals surface area contributed by atoms with Crippen LogP contribution in [0.3, 0.4) is 0 Å². The quantitative estimate of drug-likeness (QED) is 0.888. The molecule has 1 amide bonds. The number of nitrogens with zero attached hydrogens (tertiary/aromatic N) is 1. The van der Waals surface area contributed by atoms with E-state index in [9.17, 15) is 18.7 Å². The number of hydrogen-bond donors (Lipinski definition) is 1. The second kappa shape index (κ2) is 7.64. The van der Waals surface area contributed by atoms with Crippen molar-refractivity contribution < 1.29 is 23.4 Å². The second-order valence-corrected chi connectivity index (χ2v) is 7.21. The number of aryl methyl sites for hydroxylation is 2. The van der Waals surface area contributed by atoms with Gasteiger partial charge in [-0.1, -0.05) is 6.07 Å². The first kappa shape index (κ1) is 19.3. The van der Waals surface area contributed by atoms with Gasteiger partial charge in [0.05, 0.1) is 12.1 Å². The summed E-state index contributed by atoms with van der Waals surface area (Å²) in [6.07, 6.45) is 1.02. The number of aliphatic hydroxyl groups is 1. The Kier molecular flexibility index (Phi) is 5.46. The fourth-order valence-corrected chi connectivity index (χ4v) is 3.26. The minimum atomic E-state index is -1.24. The van der Waals surface area contributed by atoms with Gasteiger partial charge in [-0.25, -0.2) is 8.78 Å². The number of hydrogen-bond acceptors (Lipinski definition) is 3. The summed E-state index contributed by atoms with van der Waals surface area (Å²) in [5, 5.41) is 10.9. The molecule has 1 heterocycles. The van der Waals surface area contributed by atoms with Crippen molar-refractivity contribution >= 4 is 5.91 Å². The van der Waals surface area contributed by atoms with E-state index in [1.54, 1.807) is 0 Å². The van der Waals surface area contributed by atoms with Crippen LogP contribution in [0.1, 0.15) is 34.3 Å². The standard InChI is InChI=1S/C21H23F2NO3/c1-14-4-6-17(10-15(14)2)27-13-21(26)8-3-9-24(12-21)20(25)18-11-16(22)5-7-19(18)23/h4-7,10-11,26H,3,8-9,12-13H2,1-2H3. The van der Waals surface area contributed by atoms with Crippen LogP contribution in [0.2, 0.25) is 0 Å². The SMILES string of the molecule is Cc1ccc(OCC2(O)CCCN(C(=O)c3cc(F)ccc3F)C2)cc1C. The molecule has 2 aromatic rings. The van der Waals surface area contributed by atoms with Crippen molar-refractivity contribution in [2.24, 2.45) is 0 Å². The van der Waals surface area contributed by atoms with Crippen LogP contribution in [-0.4, -0.2) is 41.2 Å². The first-order valence-electron chi connectivity index (χ1n) is 8.94. The van der Waals surface area contributed by atoms with Gasteiger partial charge in [0.15, 0.2) is 0 Å². The lowest BCUT2D eigenvalue weighted by Crippen LogP contribution is -2.53. The number of carbonyl (C=O) groups is 1. The molecule has 1 unspecified atom stereocenters. The van der Waals surface area contributed by atoms with E-state index in [1.165, 1.54) is 4.90 Å². The number of rotatable bonds is 4. The predicted octanol–water partition coefficient (Wildman–Crippen LogP) is 3.63. The Balaban J connectivity index is 1.69. The number of halogens is 2. The van der Waals surface area contributed by atoms with Crippen LogP contribution < -0.4 is 4.74 Å². The zero-order valence-corrected chi connectivity index (χ0v) is 15.5. The average molecular weight is 375 g/mol. The van der Waals surface area contributed by atoms with E-state index >= 15 is 0 Å². The fraction of sp³-hybridized carbons (Fsp3) is 0.381. The highest BCUT2D eigenvalue weighted by molar-refractivity contribution is 5.94. The Morgan fingerprint density at radius 3 is 2.70 bits per heavy atom. The first-order chi connectivity index (χ1) is 12.8. The zero-order chi connectivity index (χ0) is 19.6. The van der Waals surface area contributed by atoms with Crippen LogP contribution in [0.25, 0.3) is 0 Å². The molecule has 0 saturated carbocycles. The molecule has 1 saturated heterocycles. The zero-order valence-electron chi connectivity index (χ0n) is 15.5. The minimum absolute atomic E-state index is 0.00658. The van der Waals surface area contributed by atoms with E-state index < -0.39 is 23.1 Å². The van der Waals surface area contributed by atoms with Gasteiger partial charge in [0.25, 0.3) is 5.91 Å². The third-order valence-corrected chi connectivity index (χ3v) is 4.99. The molecule has 0 aliphatic carbocycles. The van der Waals surface area contributed by atoms with E-state index in [0.717, 1.165) is 29.3 Å². The number of likely N-dealkylation sites (tertiary alicyclic amines) is 1. The van der Waals surface area contributed by atoms with Crippen LogP contribution >= 0.6 is 0 Å². The van der Waals surface area contributed by atoms with Gasteiger partial charge in [-0.3, -0.25) is 4.79 Å². The van der Waals surface area contributed by atoms with E-state index in [2.05, 4.69) is 0 Å². The van der Waals surface area contributed by atoms with Gasteiger partial charge in [-0.05, 0) is 68.1 Å². The molecule has 1 fully saturated rings. The molecular formula is C21H23F2NO3. The third-order valence-electron chi connectivity index (χ3n) is 4.99. The summed E-state index contributed by atoms with van der Waals surface area (Å²) in [4.78, 5) is 13.9. The molecule has 2 aromatic carbocycles. The molecule has 0 radical (unpaired) electrons.